The lowest BCUT2D eigenvalue weighted by molar-refractivity contribution is -0.148. The van der Waals surface area contributed by atoms with Crippen LogP contribution in [0.4, 0.5) is 0 Å². The molecule has 0 N–H and O–H groups in total. The van der Waals surface area contributed by atoms with Gasteiger partial charge in [-0.1, -0.05) is 26.6 Å². The predicted octanol–water partition coefficient (Wildman–Crippen LogP) is 3.15. The lowest BCUT2D eigenvalue weighted by Crippen LogP contribution is -2.50. The van der Waals surface area contributed by atoms with Crippen molar-refractivity contribution in [2.24, 2.45) is 5.92 Å². The van der Waals surface area contributed by atoms with Gasteiger partial charge >= 0.3 is 5.97 Å². The predicted molar refractivity (Wildman–Crippen MR) is 104 cm³/mol. The highest BCUT2D eigenvalue weighted by Gasteiger charge is 2.29. The standard InChI is InChI=1S/C17H36N2O2SSi/c1-6-16(17(20)21-7-2)15-19(23(3,4)5)10-8-9-18-11-13-22-14-12-18/h16H,6-15H2,1-5H3. The highest BCUT2D eigenvalue weighted by molar-refractivity contribution is 7.99. The average Bonchev–Trinajstić information content (AvgIpc) is 2.50. The number of hydrogen-bond acceptors (Lipinski definition) is 5. The molecule has 1 aliphatic rings. The maximum atomic E-state index is 12.1. The quantitative estimate of drug-likeness (QED) is 0.441. The van der Waals surface area contributed by atoms with Gasteiger partial charge in [0, 0.05) is 31.1 Å². The van der Waals surface area contributed by atoms with Crippen LogP contribution in [0.1, 0.15) is 26.7 Å². The third kappa shape index (κ3) is 8.05. The van der Waals surface area contributed by atoms with Crippen LogP contribution in [0.2, 0.25) is 19.6 Å². The SMILES string of the molecule is CCOC(=O)C(CC)CN(CCCN1CCSCC1)[Si](C)(C)C. The zero-order valence-electron chi connectivity index (χ0n) is 15.8. The maximum absolute atomic E-state index is 12.1. The largest absolute Gasteiger partial charge is 0.466 e. The average molecular weight is 361 g/mol. The van der Waals surface area contributed by atoms with Crippen LogP contribution >= 0.6 is 11.8 Å². The Balaban J connectivity index is 2.49. The molecule has 6 heteroatoms. The van der Waals surface area contributed by atoms with E-state index in [-0.39, 0.29) is 11.9 Å². The minimum absolute atomic E-state index is 0.0214. The third-order valence-corrected chi connectivity index (χ3v) is 7.75. The second-order valence-corrected chi connectivity index (χ2v) is 13.5. The van der Waals surface area contributed by atoms with Crippen LogP contribution in [-0.2, 0) is 9.53 Å². The van der Waals surface area contributed by atoms with Gasteiger partial charge in [0.1, 0.15) is 8.24 Å². The number of thioether (sulfide) groups is 1. The van der Waals surface area contributed by atoms with Gasteiger partial charge in [0.2, 0.25) is 0 Å². The normalized spacial score (nSPS) is 18.2. The molecule has 1 rings (SSSR count). The van der Waals surface area contributed by atoms with E-state index in [2.05, 4.69) is 47.8 Å². The monoisotopic (exact) mass is 360 g/mol. The summed E-state index contributed by atoms with van der Waals surface area (Å²) >= 11 is 2.07. The number of hydrogen-bond donors (Lipinski definition) is 0. The highest BCUT2D eigenvalue weighted by atomic mass is 32.2. The number of ether oxygens (including phenoxy) is 1. The molecule has 0 aromatic heterocycles. The van der Waals surface area contributed by atoms with Gasteiger partial charge in [-0.25, -0.2) is 0 Å². The molecule has 1 heterocycles. The molecule has 0 saturated carbocycles. The Hall–Kier alpha value is -0.0431. The summed E-state index contributed by atoms with van der Waals surface area (Å²) < 4.78 is 7.84. The summed E-state index contributed by atoms with van der Waals surface area (Å²) in [7, 11) is -1.42. The van der Waals surface area contributed by atoms with Crippen molar-refractivity contribution in [1.82, 2.24) is 9.47 Å². The number of esters is 1. The van der Waals surface area contributed by atoms with E-state index in [4.69, 9.17) is 4.74 Å². The van der Waals surface area contributed by atoms with Crippen LogP contribution in [0.5, 0.6) is 0 Å². The van der Waals surface area contributed by atoms with Gasteiger partial charge in [0.15, 0.2) is 0 Å². The molecule has 1 fully saturated rings. The van der Waals surface area contributed by atoms with Gasteiger partial charge in [0.25, 0.3) is 0 Å². The van der Waals surface area contributed by atoms with Gasteiger partial charge in [0.05, 0.1) is 12.5 Å². The lowest BCUT2D eigenvalue weighted by Gasteiger charge is -2.37. The van der Waals surface area contributed by atoms with Crippen molar-refractivity contribution in [2.45, 2.75) is 46.3 Å². The Morgan fingerprint density at radius 2 is 1.91 bits per heavy atom. The number of carbonyl (C=O) groups is 1. The molecule has 0 radical (unpaired) electrons. The van der Waals surface area contributed by atoms with Crippen LogP contribution in [0, 0.1) is 5.92 Å². The summed E-state index contributed by atoms with van der Waals surface area (Å²) in [5.74, 6) is 2.55. The van der Waals surface area contributed by atoms with E-state index in [0.29, 0.717) is 6.61 Å². The molecule has 1 saturated heterocycles. The molecule has 1 atom stereocenters. The molecule has 0 aromatic rings. The Kier molecular flexibility index (Phi) is 9.81. The molecule has 0 bridgehead atoms. The van der Waals surface area contributed by atoms with Gasteiger partial charge in [-0.15, -0.1) is 0 Å². The van der Waals surface area contributed by atoms with E-state index in [1.54, 1.807) is 0 Å². The van der Waals surface area contributed by atoms with Crippen LogP contribution in [0.25, 0.3) is 0 Å². The van der Waals surface area contributed by atoms with Crippen molar-refractivity contribution >= 4 is 26.0 Å². The molecular weight excluding hydrogens is 324 g/mol. The Labute approximate surface area is 148 Å². The second kappa shape index (κ2) is 10.7. The lowest BCUT2D eigenvalue weighted by atomic mass is 10.1. The fourth-order valence-corrected chi connectivity index (χ4v) is 5.48. The first-order chi connectivity index (χ1) is 10.9. The number of carbonyl (C=O) groups excluding carboxylic acids is 1. The van der Waals surface area contributed by atoms with Gasteiger partial charge in [-0.05, 0) is 32.9 Å². The van der Waals surface area contributed by atoms with E-state index in [1.165, 1.54) is 37.6 Å². The summed E-state index contributed by atoms with van der Waals surface area (Å²) in [4.78, 5) is 14.7. The maximum Gasteiger partial charge on any atom is 0.310 e. The molecule has 1 aliphatic heterocycles. The van der Waals surface area contributed by atoms with Crippen molar-refractivity contribution in [2.75, 3.05) is 50.8 Å². The van der Waals surface area contributed by atoms with E-state index in [0.717, 1.165) is 19.5 Å². The zero-order valence-corrected chi connectivity index (χ0v) is 17.6. The van der Waals surface area contributed by atoms with E-state index in [9.17, 15) is 4.79 Å². The van der Waals surface area contributed by atoms with E-state index in [1.807, 2.05) is 6.92 Å². The summed E-state index contributed by atoms with van der Waals surface area (Å²) in [6, 6.07) is 0. The minimum Gasteiger partial charge on any atom is -0.466 e. The van der Waals surface area contributed by atoms with E-state index < -0.39 is 8.24 Å². The highest BCUT2D eigenvalue weighted by Crippen LogP contribution is 2.17. The molecule has 0 aromatic carbocycles. The fourth-order valence-electron chi connectivity index (χ4n) is 2.91. The molecule has 0 aliphatic carbocycles. The smallest absolute Gasteiger partial charge is 0.310 e. The molecule has 136 valence electrons. The molecule has 0 spiro atoms. The van der Waals surface area contributed by atoms with Crippen molar-refractivity contribution in [3.63, 3.8) is 0 Å². The van der Waals surface area contributed by atoms with E-state index >= 15 is 0 Å². The van der Waals surface area contributed by atoms with Crippen LogP contribution in [0.15, 0.2) is 0 Å². The Bertz CT molecular complexity index is 344. The summed E-state index contributed by atoms with van der Waals surface area (Å²) in [5.41, 5.74) is 0. The molecular formula is C17H36N2O2SSi. The Morgan fingerprint density at radius 1 is 1.26 bits per heavy atom. The molecule has 1 unspecified atom stereocenters. The molecule has 4 nitrogen and oxygen atoms in total. The van der Waals surface area contributed by atoms with Crippen LogP contribution in [-0.4, -0.2) is 74.5 Å². The van der Waals surface area contributed by atoms with Gasteiger partial charge in [-0.3, -0.25) is 4.79 Å². The van der Waals surface area contributed by atoms with Crippen LogP contribution in [0.3, 0.4) is 0 Å². The second-order valence-electron chi connectivity index (χ2n) is 7.28. The topological polar surface area (TPSA) is 32.8 Å². The van der Waals surface area contributed by atoms with Gasteiger partial charge in [-0.2, -0.15) is 11.8 Å². The fraction of sp³-hybridized carbons (Fsp3) is 0.941. The first kappa shape index (κ1) is 21.0. The van der Waals surface area contributed by atoms with Crippen molar-refractivity contribution in [1.29, 1.82) is 0 Å². The van der Waals surface area contributed by atoms with Crippen molar-refractivity contribution in [3.05, 3.63) is 0 Å². The molecule has 0 amide bonds. The number of nitrogens with zero attached hydrogens (tertiary/aromatic N) is 2. The van der Waals surface area contributed by atoms with Crippen molar-refractivity contribution in [3.8, 4) is 0 Å². The van der Waals surface area contributed by atoms with Gasteiger partial charge < -0.3 is 14.2 Å². The summed E-state index contributed by atoms with van der Waals surface area (Å²) in [5, 5.41) is 0. The minimum atomic E-state index is -1.42. The third-order valence-electron chi connectivity index (χ3n) is 4.51. The zero-order chi connectivity index (χ0) is 17.3. The summed E-state index contributed by atoms with van der Waals surface area (Å²) in [6.07, 6.45) is 2.07. The number of rotatable bonds is 10. The Morgan fingerprint density at radius 3 is 2.43 bits per heavy atom. The first-order valence-corrected chi connectivity index (χ1v) is 13.7. The summed E-state index contributed by atoms with van der Waals surface area (Å²) in [6.45, 7) is 17.2. The van der Waals surface area contributed by atoms with Crippen LogP contribution < -0.4 is 0 Å². The molecule has 23 heavy (non-hydrogen) atoms. The van der Waals surface area contributed by atoms with Crippen molar-refractivity contribution < 1.29 is 9.53 Å². The first-order valence-electron chi connectivity index (χ1n) is 9.10.